The highest BCUT2D eigenvalue weighted by Gasteiger charge is 2.59. The summed E-state index contributed by atoms with van der Waals surface area (Å²) in [6.07, 6.45) is 15.6. The van der Waals surface area contributed by atoms with E-state index in [4.69, 9.17) is 4.98 Å². The van der Waals surface area contributed by atoms with E-state index < -0.39 is 11.6 Å². The monoisotopic (exact) mass is 552 g/mol. The molecule has 1 N–H and O–H groups in total. The third-order valence-corrected chi connectivity index (χ3v) is 12.7. The number of halogens is 2. The number of hydrogen-bond donors (Lipinski definition) is 1. The van der Waals surface area contributed by atoms with Gasteiger partial charge in [-0.2, -0.15) is 0 Å². The maximum Gasteiger partial charge on any atom is 0.188 e. The standard InChI is InChI=1S/C34H46F2N2S/c1-20(2)7-6-8-21(3)24-12-13-25-23-10-11-27-31-30(16-18-34(27,5)26(23)15-17-33(24,25)4)38-32(39-31)37-29-14-9-22(35)19-28(29)36/h9,11,14,19-21,23-26H,6-8,10,12-13,15-18H2,1-5H3,(H,37,38). The predicted molar refractivity (Wildman–Crippen MR) is 159 cm³/mol. The van der Waals surface area contributed by atoms with Gasteiger partial charge in [0.2, 0.25) is 0 Å². The van der Waals surface area contributed by atoms with Gasteiger partial charge < -0.3 is 5.32 Å². The zero-order chi connectivity index (χ0) is 27.5. The molecule has 2 nitrogen and oxygen atoms in total. The number of hydrogen-bond acceptors (Lipinski definition) is 3. The molecule has 0 aliphatic heterocycles. The molecule has 7 atom stereocenters. The van der Waals surface area contributed by atoms with Crippen LogP contribution in [0, 0.1) is 58.0 Å². The van der Waals surface area contributed by atoms with Gasteiger partial charge in [0.05, 0.1) is 16.3 Å². The Bertz CT molecular complexity index is 1250. The number of thiazole rings is 1. The third-order valence-electron chi connectivity index (χ3n) is 11.7. The van der Waals surface area contributed by atoms with E-state index in [0.29, 0.717) is 10.5 Å². The van der Waals surface area contributed by atoms with Crippen molar-refractivity contribution in [3.8, 4) is 0 Å². The largest absolute Gasteiger partial charge is 0.329 e. The first-order valence-electron chi connectivity index (χ1n) is 15.5. The Morgan fingerprint density at radius 3 is 2.64 bits per heavy atom. The number of aromatic nitrogens is 1. The lowest BCUT2D eigenvalue weighted by molar-refractivity contribution is -0.0392. The van der Waals surface area contributed by atoms with E-state index in [2.05, 4.69) is 46.0 Å². The molecule has 4 aliphatic carbocycles. The fourth-order valence-electron chi connectivity index (χ4n) is 9.66. The molecule has 0 spiro atoms. The van der Waals surface area contributed by atoms with E-state index >= 15 is 0 Å². The molecule has 7 unspecified atom stereocenters. The number of nitrogens with zero attached hydrogens (tertiary/aromatic N) is 1. The summed E-state index contributed by atoms with van der Waals surface area (Å²) in [5.41, 5.74) is 3.62. The van der Waals surface area contributed by atoms with Crippen LogP contribution in [0.15, 0.2) is 24.3 Å². The Labute approximate surface area is 238 Å². The molecule has 39 heavy (non-hydrogen) atoms. The highest BCUT2D eigenvalue weighted by molar-refractivity contribution is 7.16. The van der Waals surface area contributed by atoms with Crippen molar-refractivity contribution in [3.05, 3.63) is 46.5 Å². The molecule has 0 amide bonds. The van der Waals surface area contributed by atoms with Crippen LogP contribution in [0.5, 0.6) is 0 Å². The molecule has 1 heterocycles. The lowest BCUT2D eigenvalue weighted by Gasteiger charge is -2.57. The molecule has 5 heteroatoms. The van der Waals surface area contributed by atoms with Crippen molar-refractivity contribution >= 4 is 27.7 Å². The van der Waals surface area contributed by atoms with Crippen molar-refractivity contribution in [3.63, 3.8) is 0 Å². The molecular weight excluding hydrogens is 506 g/mol. The van der Waals surface area contributed by atoms with Gasteiger partial charge in [-0.15, -0.1) is 0 Å². The SMILES string of the molecule is CC(C)CCCC(C)C1CCC2C3CC=C4c5sc(Nc6ccc(F)cc6F)nc5CCC4(C)C3CCC12C. The van der Waals surface area contributed by atoms with Crippen LogP contribution in [0.2, 0.25) is 0 Å². The molecule has 4 aliphatic rings. The zero-order valence-corrected chi connectivity index (χ0v) is 25.3. The van der Waals surface area contributed by atoms with Gasteiger partial charge in [-0.1, -0.05) is 71.3 Å². The summed E-state index contributed by atoms with van der Waals surface area (Å²) in [4.78, 5) is 6.17. The zero-order valence-electron chi connectivity index (χ0n) is 24.5. The van der Waals surface area contributed by atoms with Crippen molar-refractivity contribution in [1.82, 2.24) is 4.98 Å². The first-order valence-corrected chi connectivity index (χ1v) is 16.3. The van der Waals surface area contributed by atoms with Crippen molar-refractivity contribution in [2.75, 3.05) is 5.32 Å². The maximum atomic E-state index is 14.3. The third kappa shape index (κ3) is 4.69. The van der Waals surface area contributed by atoms with Crippen molar-refractivity contribution in [2.24, 2.45) is 46.3 Å². The van der Waals surface area contributed by atoms with E-state index in [-0.39, 0.29) is 11.1 Å². The van der Waals surface area contributed by atoms with Crippen molar-refractivity contribution in [1.29, 1.82) is 0 Å². The van der Waals surface area contributed by atoms with E-state index in [0.717, 1.165) is 60.1 Å². The van der Waals surface area contributed by atoms with E-state index in [1.54, 1.807) is 11.3 Å². The summed E-state index contributed by atoms with van der Waals surface area (Å²) in [6, 6.07) is 3.67. The molecule has 2 saturated carbocycles. The van der Waals surface area contributed by atoms with Crippen molar-refractivity contribution < 1.29 is 8.78 Å². The summed E-state index contributed by atoms with van der Waals surface area (Å²) in [5, 5.41) is 3.84. The van der Waals surface area contributed by atoms with Crippen molar-refractivity contribution in [2.45, 2.75) is 98.8 Å². The Kier molecular flexibility index (Phi) is 7.22. The molecule has 0 bridgehead atoms. The van der Waals surface area contributed by atoms with Gasteiger partial charge in [-0.25, -0.2) is 13.8 Å². The molecule has 212 valence electrons. The number of aryl methyl sites for hydroxylation is 1. The lowest BCUT2D eigenvalue weighted by atomic mass is 9.47. The van der Waals surface area contributed by atoms with Gasteiger partial charge in [-0.3, -0.25) is 0 Å². The molecular formula is C34H46F2N2S. The number of benzene rings is 1. The van der Waals surface area contributed by atoms with Gasteiger partial charge in [-0.05, 0) is 109 Å². The molecule has 0 radical (unpaired) electrons. The first kappa shape index (κ1) is 27.4. The topological polar surface area (TPSA) is 24.9 Å². The smallest absolute Gasteiger partial charge is 0.188 e. The summed E-state index contributed by atoms with van der Waals surface area (Å²) in [5.74, 6) is 3.78. The average Bonchev–Trinajstić information content (AvgIpc) is 3.45. The molecule has 2 aromatic rings. The van der Waals surface area contributed by atoms with Crippen LogP contribution in [0.25, 0.3) is 5.57 Å². The first-order chi connectivity index (χ1) is 18.6. The second kappa shape index (κ2) is 10.3. The Morgan fingerprint density at radius 2 is 1.87 bits per heavy atom. The van der Waals surface area contributed by atoms with Crippen LogP contribution in [0.4, 0.5) is 19.6 Å². The number of rotatable bonds is 7. The number of allylic oxidation sites excluding steroid dienone is 2. The summed E-state index contributed by atoms with van der Waals surface area (Å²) in [6.45, 7) is 12.5. The highest BCUT2D eigenvalue weighted by atomic mass is 32.1. The van der Waals surface area contributed by atoms with Crippen LogP contribution >= 0.6 is 11.3 Å². The second-order valence-electron chi connectivity index (χ2n) is 14.2. The highest BCUT2D eigenvalue weighted by Crippen LogP contribution is 2.68. The fraction of sp³-hybridized carbons (Fsp3) is 0.676. The summed E-state index contributed by atoms with van der Waals surface area (Å²) < 4.78 is 27.7. The molecule has 1 aromatic heterocycles. The quantitative estimate of drug-likeness (QED) is 0.369. The summed E-state index contributed by atoms with van der Waals surface area (Å²) >= 11 is 1.65. The van der Waals surface area contributed by atoms with E-state index in [1.165, 1.54) is 73.9 Å². The van der Waals surface area contributed by atoms with Gasteiger partial charge in [0.15, 0.2) is 5.13 Å². The second-order valence-corrected chi connectivity index (χ2v) is 15.2. The Hall–Kier alpha value is -1.75. The van der Waals surface area contributed by atoms with Crippen LogP contribution in [-0.4, -0.2) is 4.98 Å². The molecule has 6 rings (SSSR count). The minimum Gasteiger partial charge on any atom is -0.329 e. The van der Waals surface area contributed by atoms with Crippen LogP contribution in [0.3, 0.4) is 0 Å². The minimum absolute atomic E-state index is 0.198. The molecule has 1 aromatic carbocycles. The molecule has 2 fully saturated rings. The van der Waals surface area contributed by atoms with Crippen LogP contribution in [0.1, 0.15) is 103 Å². The average molecular weight is 553 g/mol. The van der Waals surface area contributed by atoms with E-state index in [9.17, 15) is 8.78 Å². The number of fused-ring (bicyclic) bond motifs is 7. The van der Waals surface area contributed by atoms with Crippen LogP contribution < -0.4 is 5.32 Å². The molecule has 0 saturated heterocycles. The Balaban J connectivity index is 1.22. The van der Waals surface area contributed by atoms with Gasteiger partial charge in [0.25, 0.3) is 0 Å². The number of nitrogens with one attached hydrogen (secondary N) is 1. The normalized spacial score (nSPS) is 34.1. The van der Waals surface area contributed by atoms with Gasteiger partial charge >= 0.3 is 0 Å². The number of anilines is 2. The van der Waals surface area contributed by atoms with E-state index in [1.807, 2.05) is 0 Å². The van der Waals surface area contributed by atoms with Gasteiger partial charge in [0, 0.05) is 6.07 Å². The van der Waals surface area contributed by atoms with Gasteiger partial charge in [0.1, 0.15) is 11.6 Å². The summed E-state index contributed by atoms with van der Waals surface area (Å²) in [7, 11) is 0. The maximum absolute atomic E-state index is 14.3. The fourth-order valence-corrected chi connectivity index (χ4v) is 10.9. The Morgan fingerprint density at radius 1 is 1.05 bits per heavy atom. The lowest BCUT2D eigenvalue weighted by Crippen LogP contribution is -2.49. The van der Waals surface area contributed by atoms with Crippen LogP contribution in [-0.2, 0) is 6.42 Å². The minimum atomic E-state index is -0.581. The predicted octanol–water partition coefficient (Wildman–Crippen LogP) is 10.4.